The second kappa shape index (κ2) is 10.0. The Labute approximate surface area is 182 Å². The van der Waals surface area contributed by atoms with Gasteiger partial charge < -0.3 is 14.2 Å². The van der Waals surface area contributed by atoms with Crippen molar-refractivity contribution in [2.75, 3.05) is 6.79 Å². The van der Waals surface area contributed by atoms with E-state index in [1.807, 2.05) is 0 Å². The minimum Gasteiger partial charge on any atom is -0.462 e. The first-order valence-corrected chi connectivity index (χ1v) is 12.1. The predicted octanol–water partition coefficient (Wildman–Crippen LogP) is 5.50. The Hall–Kier alpha value is -1.10. The number of ether oxygens (including phenoxy) is 3. The lowest BCUT2D eigenvalue weighted by atomic mass is 9.79. The van der Waals surface area contributed by atoms with Crippen LogP contribution in [0.3, 0.4) is 0 Å². The molecule has 0 spiro atoms. The van der Waals surface area contributed by atoms with Crippen LogP contribution in [-0.4, -0.2) is 30.9 Å². The quantitative estimate of drug-likeness (QED) is 0.382. The lowest BCUT2D eigenvalue weighted by Crippen LogP contribution is -2.37. The summed E-state index contributed by atoms with van der Waals surface area (Å²) < 4.78 is 17.3. The number of rotatable bonds is 8. The summed E-state index contributed by atoms with van der Waals surface area (Å²) >= 11 is 0. The summed E-state index contributed by atoms with van der Waals surface area (Å²) in [6, 6.07) is 0. The van der Waals surface area contributed by atoms with Gasteiger partial charge in [0.1, 0.15) is 6.10 Å². The minimum absolute atomic E-state index is 0.0584. The van der Waals surface area contributed by atoms with Gasteiger partial charge in [0.2, 0.25) is 0 Å². The normalized spacial score (nSPS) is 30.5. The van der Waals surface area contributed by atoms with Gasteiger partial charge in [-0.05, 0) is 55.8 Å². The van der Waals surface area contributed by atoms with Crippen LogP contribution in [0, 0.1) is 35.0 Å². The summed E-state index contributed by atoms with van der Waals surface area (Å²) in [6.45, 7) is 10.7. The van der Waals surface area contributed by atoms with E-state index in [9.17, 15) is 9.59 Å². The van der Waals surface area contributed by atoms with Crippen LogP contribution in [-0.2, 0) is 23.8 Å². The van der Waals surface area contributed by atoms with Crippen LogP contribution in [0.4, 0.5) is 0 Å². The van der Waals surface area contributed by atoms with Gasteiger partial charge in [0, 0.05) is 5.92 Å². The fourth-order valence-electron chi connectivity index (χ4n) is 5.71. The van der Waals surface area contributed by atoms with Gasteiger partial charge in [-0.15, -0.1) is 0 Å². The van der Waals surface area contributed by atoms with Gasteiger partial charge in [-0.2, -0.15) is 0 Å². The van der Waals surface area contributed by atoms with E-state index < -0.39 is 0 Å². The maximum absolute atomic E-state index is 13.0. The van der Waals surface area contributed by atoms with Gasteiger partial charge >= 0.3 is 11.9 Å². The molecule has 0 aromatic rings. The average molecular weight is 423 g/mol. The third-order valence-corrected chi connectivity index (χ3v) is 7.32. The molecule has 0 N–H and O–H groups in total. The van der Waals surface area contributed by atoms with Crippen molar-refractivity contribution in [3.63, 3.8) is 0 Å². The average Bonchev–Trinajstić information content (AvgIpc) is 3.26. The number of fused-ring (bicyclic) bond motifs is 2. The standard InChI is InChI=1S/C25H42O5/c1-16(2)21(14-25(3,4)5)24(27)30-22-13-17-11-19(22)20(12-17)23(26)29-15-28-18-9-7-6-8-10-18/h16-22H,6-15H2,1-5H3. The molecule has 0 aromatic carbocycles. The summed E-state index contributed by atoms with van der Waals surface area (Å²) in [5, 5.41) is 0. The van der Waals surface area contributed by atoms with Crippen molar-refractivity contribution >= 4 is 11.9 Å². The zero-order valence-electron chi connectivity index (χ0n) is 19.7. The lowest BCUT2D eigenvalue weighted by molar-refractivity contribution is -0.175. The first-order chi connectivity index (χ1) is 14.1. The lowest BCUT2D eigenvalue weighted by Gasteiger charge is -2.32. The molecule has 0 aliphatic heterocycles. The van der Waals surface area contributed by atoms with Crippen LogP contribution < -0.4 is 0 Å². The van der Waals surface area contributed by atoms with Crippen LogP contribution in [0.15, 0.2) is 0 Å². The second-order valence-electron chi connectivity index (χ2n) is 11.4. The highest BCUT2D eigenvalue weighted by atomic mass is 16.7. The summed E-state index contributed by atoms with van der Waals surface area (Å²) in [5.41, 5.74) is 0.0767. The predicted molar refractivity (Wildman–Crippen MR) is 116 cm³/mol. The van der Waals surface area contributed by atoms with Crippen molar-refractivity contribution < 1.29 is 23.8 Å². The zero-order valence-corrected chi connectivity index (χ0v) is 19.7. The van der Waals surface area contributed by atoms with E-state index in [0.29, 0.717) is 5.92 Å². The molecule has 5 unspecified atom stereocenters. The highest BCUT2D eigenvalue weighted by Crippen LogP contribution is 2.50. The molecule has 0 radical (unpaired) electrons. The largest absolute Gasteiger partial charge is 0.462 e. The molecule has 3 rings (SSSR count). The van der Waals surface area contributed by atoms with Crippen LogP contribution >= 0.6 is 0 Å². The summed E-state index contributed by atoms with van der Waals surface area (Å²) in [6.07, 6.45) is 9.42. The molecule has 3 saturated carbocycles. The summed E-state index contributed by atoms with van der Waals surface area (Å²) in [7, 11) is 0. The van der Waals surface area contributed by atoms with Gasteiger partial charge in [0.25, 0.3) is 0 Å². The monoisotopic (exact) mass is 422 g/mol. The van der Waals surface area contributed by atoms with Crippen molar-refractivity contribution in [3.8, 4) is 0 Å². The van der Waals surface area contributed by atoms with Crippen LogP contribution in [0.1, 0.15) is 92.4 Å². The molecule has 3 aliphatic rings. The van der Waals surface area contributed by atoms with Gasteiger partial charge in [-0.3, -0.25) is 9.59 Å². The van der Waals surface area contributed by atoms with E-state index >= 15 is 0 Å². The first-order valence-electron chi connectivity index (χ1n) is 12.1. The van der Waals surface area contributed by atoms with Gasteiger partial charge in [-0.25, -0.2) is 0 Å². The Morgan fingerprint density at radius 1 is 1.00 bits per heavy atom. The molecule has 5 heteroatoms. The fraction of sp³-hybridized carbons (Fsp3) is 0.920. The molecule has 30 heavy (non-hydrogen) atoms. The number of carbonyl (C=O) groups is 2. The minimum atomic E-state index is -0.172. The van der Waals surface area contributed by atoms with E-state index in [2.05, 4.69) is 34.6 Å². The Kier molecular flexibility index (Phi) is 7.86. The van der Waals surface area contributed by atoms with Gasteiger partial charge in [0.05, 0.1) is 17.9 Å². The number of hydrogen-bond acceptors (Lipinski definition) is 5. The topological polar surface area (TPSA) is 61.8 Å². The summed E-state index contributed by atoms with van der Waals surface area (Å²) in [4.78, 5) is 25.7. The maximum Gasteiger partial charge on any atom is 0.311 e. The van der Waals surface area contributed by atoms with Gasteiger partial charge in [-0.1, -0.05) is 53.9 Å². The van der Waals surface area contributed by atoms with Crippen LogP contribution in [0.5, 0.6) is 0 Å². The molecule has 0 heterocycles. The zero-order chi connectivity index (χ0) is 21.9. The molecule has 5 nitrogen and oxygen atoms in total. The Morgan fingerprint density at radius 2 is 1.70 bits per heavy atom. The maximum atomic E-state index is 13.0. The van der Waals surface area contributed by atoms with Crippen molar-refractivity contribution in [1.82, 2.24) is 0 Å². The molecule has 3 aliphatic carbocycles. The number of hydrogen-bond donors (Lipinski definition) is 0. The van der Waals surface area contributed by atoms with E-state index in [0.717, 1.165) is 38.5 Å². The van der Waals surface area contributed by atoms with E-state index in [4.69, 9.17) is 14.2 Å². The Bertz CT molecular complexity index is 587. The van der Waals surface area contributed by atoms with Crippen LogP contribution in [0.2, 0.25) is 0 Å². The Balaban J connectivity index is 1.49. The van der Waals surface area contributed by atoms with Crippen molar-refractivity contribution in [2.24, 2.45) is 35.0 Å². The molecular formula is C25H42O5. The molecule has 0 aromatic heterocycles. The molecule has 0 saturated heterocycles. The van der Waals surface area contributed by atoms with E-state index in [-0.39, 0.29) is 60.0 Å². The van der Waals surface area contributed by atoms with E-state index in [1.54, 1.807) is 0 Å². The van der Waals surface area contributed by atoms with Crippen LogP contribution in [0.25, 0.3) is 0 Å². The number of carbonyl (C=O) groups excluding carboxylic acids is 2. The van der Waals surface area contributed by atoms with E-state index in [1.165, 1.54) is 19.3 Å². The molecule has 0 amide bonds. The van der Waals surface area contributed by atoms with Crippen molar-refractivity contribution in [3.05, 3.63) is 0 Å². The third kappa shape index (κ3) is 6.21. The summed E-state index contributed by atoms with van der Waals surface area (Å²) in [5.74, 6) is 0.288. The third-order valence-electron chi connectivity index (χ3n) is 7.32. The highest BCUT2D eigenvalue weighted by molar-refractivity contribution is 5.75. The molecule has 5 atom stereocenters. The van der Waals surface area contributed by atoms with Crippen molar-refractivity contribution in [2.45, 2.75) is 105 Å². The fourth-order valence-corrected chi connectivity index (χ4v) is 5.71. The van der Waals surface area contributed by atoms with Gasteiger partial charge in [0.15, 0.2) is 6.79 Å². The smallest absolute Gasteiger partial charge is 0.311 e. The highest BCUT2D eigenvalue weighted by Gasteiger charge is 2.51. The Morgan fingerprint density at radius 3 is 2.30 bits per heavy atom. The SMILES string of the molecule is CC(C)C(CC(C)(C)C)C(=O)OC1CC2CC(C(=O)OCOC3CCCCC3)C1C2. The second-order valence-corrected chi connectivity index (χ2v) is 11.4. The number of esters is 2. The molecular weight excluding hydrogens is 380 g/mol. The first kappa shape index (κ1) is 23.6. The molecule has 3 fully saturated rings. The molecule has 172 valence electrons. The van der Waals surface area contributed by atoms with Crippen molar-refractivity contribution in [1.29, 1.82) is 0 Å². The molecule has 2 bridgehead atoms.